The van der Waals surface area contributed by atoms with Crippen LogP contribution in [0.15, 0.2) is 42.5 Å². The van der Waals surface area contributed by atoms with E-state index < -0.39 is 5.97 Å². The lowest BCUT2D eigenvalue weighted by Crippen LogP contribution is -2.38. The normalized spacial score (nSPS) is 16.2. The van der Waals surface area contributed by atoms with Gasteiger partial charge in [0.05, 0.1) is 18.2 Å². The Kier molecular flexibility index (Phi) is 5.53. The minimum Gasteiger partial charge on any atom is -0.480 e. The van der Waals surface area contributed by atoms with Gasteiger partial charge in [0, 0.05) is 23.8 Å². The first kappa shape index (κ1) is 18.6. The zero-order valence-corrected chi connectivity index (χ0v) is 15.1. The van der Waals surface area contributed by atoms with Crippen molar-refractivity contribution in [3.8, 4) is 6.07 Å². The molecule has 0 aliphatic carbocycles. The molecule has 0 bridgehead atoms. The van der Waals surface area contributed by atoms with Gasteiger partial charge in [0.1, 0.15) is 0 Å². The third kappa shape index (κ3) is 4.15. The third-order valence-corrected chi connectivity index (χ3v) is 4.87. The summed E-state index contributed by atoms with van der Waals surface area (Å²) in [5.41, 5.74) is 3.93. The summed E-state index contributed by atoms with van der Waals surface area (Å²) in [5.74, 6) is -1.08. The third-order valence-electron chi connectivity index (χ3n) is 4.87. The molecule has 27 heavy (non-hydrogen) atoms. The molecule has 3 rings (SSSR count). The highest BCUT2D eigenvalue weighted by Crippen LogP contribution is 2.33. The van der Waals surface area contributed by atoms with Gasteiger partial charge in [-0.1, -0.05) is 13.0 Å². The predicted molar refractivity (Wildman–Crippen MR) is 101 cm³/mol. The largest absolute Gasteiger partial charge is 0.480 e. The van der Waals surface area contributed by atoms with Crippen molar-refractivity contribution in [1.82, 2.24) is 4.90 Å². The highest BCUT2D eigenvalue weighted by Gasteiger charge is 2.27. The van der Waals surface area contributed by atoms with Crippen LogP contribution in [0.5, 0.6) is 0 Å². The average Bonchev–Trinajstić information content (AvgIpc) is 2.67. The lowest BCUT2D eigenvalue weighted by atomic mass is 9.90. The summed E-state index contributed by atoms with van der Waals surface area (Å²) in [6.45, 7) is 2.77. The van der Waals surface area contributed by atoms with Crippen molar-refractivity contribution in [3.05, 3.63) is 64.7 Å². The molecule has 0 aromatic heterocycles. The van der Waals surface area contributed by atoms with Gasteiger partial charge in [0.2, 0.25) is 0 Å². The summed E-state index contributed by atoms with van der Waals surface area (Å²) in [6.07, 6.45) is 1.59. The fourth-order valence-corrected chi connectivity index (χ4v) is 3.57. The molecule has 1 heterocycles. The zero-order valence-electron chi connectivity index (χ0n) is 15.1. The van der Waals surface area contributed by atoms with E-state index in [1.54, 1.807) is 24.3 Å². The molecular weight excluding hydrogens is 342 g/mol. The lowest BCUT2D eigenvalue weighted by Gasteiger charge is -2.36. The van der Waals surface area contributed by atoms with Gasteiger partial charge in [-0.25, -0.2) is 0 Å². The number of aliphatic carboxylic acids is 1. The molecule has 1 amide bonds. The number of nitrogens with zero attached hydrogens (tertiary/aromatic N) is 2. The number of anilines is 1. The second-order valence-corrected chi connectivity index (χ2v) is 6.60. The summed E-state index contributed by atoms with van der Waals surface area (Å²) in [6, 6.07) is 14.3. The van der Waals surface area contributed by atoms with E-state index in [4.69, 9.17) is 10.4 Å². The average molecular weight is 363 g/mol. The fraction of sp³-hybridized carbons (Fsp3) is 0.286. The minimum absolute atomic E-state index is 0.0137. The molecule has 0 spiro atoms. The molecule has 2 N–H and O–H groups in total. The molecule has 0 saturated heterocycles. The Labute approximate surface area is 158 Å². The number of benzene rings is 2. The number of carbonyl (C=O) groups is 2. The molecule has 1 atom stereocenters. The number of carboxylic acids is 1. The van der Waals surface area contributed by atoms with Crippen molar-refractivity contribution >= 4 is 17.6 Å². The van der Waals surface area contributed by atoms with Crippen LogP contribution in [0.2, 0.25) is 0 Å². The summed E-state index contributed by atoms with van der Waals surface area (Å²) in [7, 11) is 0. The first-order valence-electron chi connectivity index (χ1n) is 8.92. The van der Waals surface area contributed by atoms with Gasteiger partial charge in [-0.2, -0.15) is 5.26 Å². The van der Waals surface area contributed by atoms with Crippen LogP contribution in [0.25, 0.3) is 0 Å². The number of hydrogen-bond acceptors (Lipinski definition) is 4. The van der Waals surface area contributed by atoms with E-state index in [1.165, 1.54) is 5.56 Å². The highest BCUT2D eigenvalue weighted by molar-refractivity contribution is 6.04. The van der Waals surface area contributed by atoms with Crippen LogP contribution in [-0.2, 0) is 11.2 Å². The molecule has 138 valence electrons. The molecule has 2 aromatic rings. The fourth-order valence-electron chi connectivity index (χ4n) is 3.57. The lowest BCUT2D eigenvalue weighted by molar-refractivity contribution is -0.139. The Bertz CT molecular complexity index is 900. The molecule has 6 nitrogen and oxygen atoms in total. The highest BCUT2D eigenvalue weighted by atomic mass is 16.4. The number of hydrogen-bond donors (Lipinski definition) is 2. The van der Waals surface area contributed by atoms with Crippen molar-refractivity contribution < 1.29 is 14.7 Å². The predicted octanol–water partition coefficient (Wildman–Crippen LogP) is 3.20. The van der Waals surface area contributed by atoms with Gasteiger partial charge in [-0.3, -0.25) is 14.5 Å². The number of carbonyl (C=O) groups excluding carboxylic acids is 1. The molecule has 1 aliphatic heterocycles. The zero-order chi connectivity index (χ0) is 19.4. The maximum Gasteiger partial charge on any atom is 0.317 e. The minimum atomic E-state index is -0.831. The van der Waals surface area contributed by atoms with Gasteiger partial charge in [0.25, 0.3) is 5.91 Å². The molecule has 2 aromatic carbocycles. The maximum absolute atomic E-state index is 12.5. The Morgan fingerprint density at radius 2 is 2.00 bits per heavy atom. The number of carboxylic acid groups (broad SMARTS) is 1. The van der Waals surface area contributed by atoms with Crippen LogP contribution >= 0.6 is 0 Å². The summed E-state index contributed by atoms with van der Waals surface area (Å²) >= 11 is 0. The van der Waals surface area contributed by atoms with Gasteiger partial charge >= 0.3 is 5.97 Å². The second kappa shape index (κ2) is 8.02. The molecular formula is C21H21N3O3. The van der Waals surface area contributed by atoms with Gasteiger partial charge in [-0.05, 0) is 60.4 Å². The van der Waals surface area contributed by atoms with Crippen LogP contribution in [0.1, 0.15) is 46.4 Å². The Morgan fingerprint density at radius 1 is 1.26 bits per heavy atom. The monoisotopic (exact) mass is 363 g/mol. The van der Waals surface area contributed by atoms with Crippen LogP contribution in [-0.4, -0.2) is 35.0 Å². The second-order valence-electron chi connectivity index (χ2n) is 6.60. The summed E-state index contributed by atoms with van der Waals surface area (Å²) in [4.78, 5) is 25.6. The van der Waals surface area contributed by atoms with Crippen LogP contribution in [0, 0.1) is 11.3 Å². The van der Waals surface area contributed by atoms with Crippen LogP contribution < -0.4 is 5.32 Å². The van der Waals surface area contributed by atoms with Crippen LogP contribution in [0.4, 0.5) is 5.69 Å². The topological polar surface area (TPSA) is 93.4 Å². The first-order chi connectivity index (χ1) is 13.0. The molecule has 1 unspecified atom stereocenters. The Morgan fingerprint density at radius 3 is 2.63 bits per heavy atom. The van der Waals surface area contributed by atoms with Crippen molar-refractivity contribution in [2.24, 2.45) is 0 Å². The van der Waals surface area contributed by atoms with Crippen molar-refractivity contribution in [2.75, 3.05) is 18.4 Å². The van der Waals surface area contributed by atoms with Gasteiger partial charge < -0.3 is 10.4 Å². The first-order valence-corrected chi connectivity index (χ1v) is 8.92. The van der Waals surface area contributed by atoms with E-state index in [2.05, 4.69) is 5.32 Å². The van der Waals surface area contributed by atoms with Crippen molar-refractivity contribution in [3.63, 3.8) is 0 Å². The Balaban J connectivity index is 1.81. The molecule has 0 fully saturated rings. The van der Waals surface area contributed by atoms with Gasteiger partial charge in [-0.15, -0.1) is 0 Å². The quantitative estimate of drug-likeness (QED) is 0.851. The SMILES string of the molecule is CCC1c2cc(NC(=O)c3ccc(C#N)cc3)ccc2CCN1CC(=O)O. The van der Waals surface area contributed by atoms with E-state index in [0.29, 0.717) is 16.8 Å². The number of rotatable bonds is 5. The number of nitrogens with one attached hydrogen (secondary N) is 1. The molecule has 0 saturated carbocycles. The number of nitriles is 1. The van der Waals surface area contributed by atoms with Crippen molar-refractivity contribution in [1.29, 1.82) is 5.26 Å². The molecule has 0 radical (unpaired) electrons. The van der Waals surface area contributed by atoms with Gasteiger partial charge in [0.15, 0.2) is 0 Å². The van der Waals surface area contributed by atoms with E-state index in [0.717, 1.165) is 24.9 Å². The number of fused-ring (bicyclic) bond motifs is 1. The standard InChI is InChI=1S/C21H21N3O3/c1-2-19-18-11-17(8-7-15(18)9-10-24(19)13-20(25)26)23-21(27)16-5-3-14(12-22)4-6-16/h3-8,11,19H,2,9-10,13H2,1H3,(H,23,27)(H,25,26). The number of amides is 1. The summed E-state index contributed by atoms with van der Waals surface area (Å²) < 4.78 is 0. The summed E-state index contributed by atoms with van der Waals surface area (Å²) in [5, 5.41) is 20.9. The van der Waals surface area contributed by atoms with E-state index in [1.807, 2.05) is 36.1 Å². The van der Waals surface area contributed by atoms with Crippen molar-refractivity contribution in [2.45, 2.75) is 25.8 Å². The Hall–Kier alpha value is -3.17. The van der Waals surface area contributed by atoms with E-state index in [-0.39, 0.29) is 18.5 Å². The van der Waals surface area contributed by atoms with Crippen LogP contribution in [0.3, 0.4) is 0 Å². The maximum atomic E-state index is 12.5. The molecule has 1 aliphatic rings. The molecule has 6 heteroatoms. The van der Waals surface area contributed by atoms with E-state index in [9.17, 15) is 9.59 Å². The van der Waals surface area contributed by atoms with E-state index >= 15 is 0 Å². The smallest absolute Gasteiger partial charge is 0.317 e.